The largest absolute Gasteiger partial charge is 0.496 e. The first-order valence-electron chi connectivity index (χ1n) is 9.51. The van der Waals surface area contributed by atoms with Gasteiger partial charge in [-0.05, 0) is 36.6 Å². The normalized spacial score (nSPS) is 17.7. The predicted molar refractivity (Wildman–Crippen MR) is 113 cm³/mol. The molecule has 29 heavy (non-hydrogen) atoms. The first kappa shape index (κ1) is 21.6. The van der Waals surface area contributed by atoms with Gasteiger partial charge in [0, 0.05) is 30.2 Å². The van der Waals surface area contributed by atoms with Gasteiger partial charge in [0.15, 0.2) is 0 Å². The molecule has 1 atom stereocenters. The van der Waals surface area contributed by atoms with Crippen LogP contribution in [0.5, 0.6) is 5.75 Å². The van der Waals surface area contributed by atoms with Crippen LogP contribution in [0.4, 0.5) is 0 Å². The lowest BCUT2D eigenvalue weighted by Crippen LogP contribution is -2.45. The fraction of sp³-hybridized carbons (Fsp3) is 0.381. The molecule has 6 nitrogen and oxygen atoms in total. The van der Waals surface area contributed by atoms with Crippen molar-refractivity contribution in [2.45, 2.75) is 25.1 Å². The number of ether oxygens (including phenoxy) is 1. The zero-order chi connectivity index (χ0) is 20.9. The van der Waals surface area contributed by atoms with Gasteiger partial charge in [-0.3, -0.25) is 4.79 Å². The van der Waals surface area contributed by atoms with Crippen LogP contribution in [0.15, 0.2) is 48.5 Å². The lowest BCUT2D eigenvalue weighted by Gasteiger charge is -2.31. The molecule has 1 unspecified atom stereocenters. The smallest absolute Gasteiger partial charge is 0.224 e. The second-order valence-electron chi connectivity index (χ2n) is 7.11. The molecular formula is C21H25ClN2O4S. The van der Waals surface area contributed by atoms with Crippen LogP contribution in [0.25, 0.3) is 0 Å². The van der Waals surface area contributed by atoms with E-state index >= 15 is 0 Å². The number of para-hydroxylation sites is 1. The Labute approximate surface area is 176 Å². The summed E-state index contributed by atoms with van der Waals surface area (Å²) in [5.41, 5.74) is 1.52. The zero-order valence-electron chi connectivity index (χ0n) is 16.3. The lowest BCUT2D eigenvalue weighted by molar-refractivity contribution is -0.126. The molecule has 0 spiro atoms. The quantitative estimate of drug-likeness (QED) is 0.723. The lowest BCUT2D eigenvalue weighted by atomic mass is 9.98. The predicted octanol–water partition coefficient (Wildman–Crippen LogP) is 3.21. The van der Waals surface area contributed by atoms with Crippen molar-refractivity contribution in [2.24, 2.45) is 5.92 Å². The van der Waals surface area contributed by atoms with Gasteiger partial charge in [0.25, 0.3) is 0 Å². The maximum atomic E-state index is 12.8. The fourth-order valence-electron chi connectivity index (χ4n) is 3.51. The monoisotopic (exact) mass is 436 g/mol. The van der Waals surface area contributed by atoms with E-state index in [-0.39, 0.29) is 24.1 Å². The van der Waals surface area contributed by atoms with E-state index in [4.69, 9.17) is 16.3 Å². The van der Waals surface area contributed by atoms with Crippen molar-refractivity contribution in [3.63, 3.8) is 0 Å². The number of methoxy groups -OCH3 is 1. The summed E-state index contributed by atoms with van der Waals surface area (Å²) in [7, 11) is -1.93. The number of carbonyl (C=O) groups excluding carboxylic acids is 1. The maximum absolute atomic E-state index is 12.8. The minimum absolute atomic E-state index is 0.122. The molecule has 0 aromatic heterocycles. The number of sulfonamides is 1. The van der Waals surface area contributed by atoms with Crippen LogP contribution >= 0.6 is 11.6 Å². The van der Waals surface area contributed by atoms with Crippen LogP contribution in [0.1, 0.15) is 24.0 Å². The van der Waals surface area contributed by atoms with Crippen molar-refractivity contribution in [2.75, 3.05) is 20.2 Å². The van der Waals surface area contributed by atoms with Crippen LogP contribution in [-0.2, 0) is 27.1 Å². The third kappa shape index (κ3) is 5.72. The van der Waals surface area contributed by atoms with E-state index in [2.05, 4.69) is 5.32 Å². The number of rotatable bonds is 7. The Bertz CT molecular complexity index is 965. The summed E-state index contributed by atoms with van der Waals surface area (Å²) in [6, 6.07) is 14.3. The molecule has 1 amide bonds. The number of nitrogens with zero attached hydrogens (tertiary/aromatic N) is 1. The second kappa shape index (κ2) is 9.61. The summed E-state index contributed by atoms with van der Waals surface area (Å²) in [5.74, 6) is 0.0802. The molecule has 1 fully saturated rings. The van der Waals surface area contributed by atoms with Crippen LogP contribution < -0.4 is 10.1 Å². The molecule has 1 N–H and O–H groups in total. The standard InChI is InChI=1S/C21H25ClN2O4S/c1-28-20-10-3-2-7-17(20)13-23-21(25)18-8-5-11-24(14-18)29(26,27)15-16-6-4-9-19(22)12-16/h2-4,6-7,9-10,12,18H,5,8,11,13-15H2,1H3,(H,23,25). The summed E-state index contributed by atoms with van der Waals surface area (Å²) in [6.45, 7) is 0.967. The molecule has 2 aromatic carbocycles. The van der Waals surface area contributed by atoms with Crippen LogP contribution in [-0.4, -0.2) is 38.8 Å². The van der Waals surface area contributed by atoms with Gasteiger partial charge in [-0.15, -0.1) is 0 Å². The Morgan fingerprint density at radius 3 is 2.79 bits per heavy atom. The Balaban J connectivity index is 1.61. The molecular weight excluding hydrogens is 412 g/mol. The molecule has 156 valence electrons. The van der Waals surface area contributed by atoms with E-state index in [1.807, 2.05) is 24.3 Å². The van der Waals surface area contributed by atoms with Crippen LogP contribution in [0.3, 0.4) is 0 Å². The van der Waals surface area contributed by atoms with Crippen molar-refractivity contribution < 1.29 is 17.9 Å². The Hall–Kier alpha value is -2.09. The van der Waals surface area contributed by atoms with E-state index in [0.717, 1.165) is 5.56 Å². The van der Waals surface area contributed by atoms with Crippen LogP contribution in [0, 0.1) is 5.92 Å². The van der Waals surface area contributed by atoms with E-state index in [1.165, 1.54) is 4.31 Å². The Kier molecular flexibility index (Phi) is 7.16. The van der Waals surface area contributed by atoms with E-state index in [9.17, 15) is 13.2 Å². The number of nitrogens with one attached hydrogen (secondary N) is 1. The van der Waals surface area contributed by atoms with Crippen molar-refractivity contribution in [1.29, 1.82) is 0 Å². The maximum Gasteiger partial charge on any atom is 0.224 e. The summed E-state index contributed by atoms with van der Waals surface area (Å²) >= 11 is 5.96. The number of hydrogen-bond acceptors (Lipinski definition) is 4. The molecule has 0 aliphatic carbocycles. The minimum atomic E-state index is -3.52. The van der Waals surface area contributed by atoms with E-state index in [0.29, 0.717) is 42.3 Å². The minimum Gasteiger partial charge on any atom is -0.496 e. The second-order valence-corrected chi connectivity index (χ2v) is 9.52. The van der Waals surface area contributed by atoms with Crippen molar-refractivity contribution in [3.05, 3.63) is 64.7 Å². The molecule has 2 aromatic rings. The summed E-state index contributed by atoms with van der Waals surface area (Å²) in [4.78, 5) is 12.7. The number of piperidine rings is 1. The van der Waals surface area contributed by atoms with Gasteiger partial charge in [-0.2, -0.15) is 0 Å². The highest BCUT2D eigenvalue weighted by Gasteiger charge is 2.32. The van der Waals surface area contributed by atoms with E-state index in [1.54, 1.807) is 31.4 Å². The van der Waals surface area contributed by atoms with Gasteiger partial charge in [0.2, 0.25) is 15.9 Å². The summed E-state index contributed by atoms with van der Waals surface area (Å²) in [5, 5.41) is 3.42. The fourth-order valence-corrected chi connectivity index (χ4v) is 5.32. The zero-order valence-corrected chi connectivity index (χ0v) is 17.9. The van der Waals surface area contributed by atoms with Crippen molar-refractivity contribution >= 4 is 27.5 Å². The van der Waals surface area contributed by atoms with Gasteiger partial charge in [-0.1, -0.05) is 41.9 Å². The van der Waals surface area contributed by atoms with Crippen molar-refractivity contribution in [3.8, 4) is 5.75 Å². The number of carbonyl (C=O) groups is 1. The highest BCUT2D eigenvalue weighted by atomic mass is 35.5. The topological polar surface area (TPSA) is 75.7 Å². The van der Waals surface area contributed by atoms with E-state index < -0.39 is 10.0 Å². The van der Waals surface area contributed by atoms with Gasteiger partial charge in [0.05, 0.1) is 18.8 Å². The van der Waals surface area contributed by atoms with Gasteiger partial charge in [0.1, 0.15) is 5.75 Å². The molecule has 8 heteroatoms. The molecule has 1 aliphatic rings. The number of hydrogen-bond donors (Lipinski definition) is 1. The first-order chi connectivity index (χ1) is 13.9. The highest BCUT2D eigenvalue weighted by molar-refractivity contribution is 7.88. The molecule has 1 saturated heterocycles. The van der Waals surface area contributed by atoms with Crippen LogP contribution in [0.2, 0.25) is 5.02 Å². The molecule has 3 rings (SSSR count). The average Bonchev–Trinajstić information content (AvgIpc) is 2.72. The first-order valence-corrected chi connectivity index (χ1v) is 11.5. The Morgan fingerprint density at radius 1 is 1.24 bits per heavy atom. The summed E-state index contributed by atoms with van der Waals surface area (Å²) < 4.78 is 32.4. The number of halogens is 1. The van der Waals surface area contributed by atoms with Gasteiger partial charge in [-0.25, -0.2) is 12.7 Å². The molecule has 1 aliphatic heterocycles. The van der Waals surface area contributed by atoms with Crippen molar-refractivity contribution in [1.82, 2.24) is 9.62 Å². The third-order valence-corrected chi connectivity index (χ3v) is 7.08. The molecule has 0 radical (unpaired) electrons. The van der Waals surface area contributed by atoms with Gasteiger partial charge < -0.3 is 10.1 Å². The highest BCUT2D eigenvalue weighted by Crippen LogP contribution is 2.23. The number of amides is 1. The van der Waals surface area contributed by atoms with Gasteiger partial charge >= 0.3 is 0 Å². The SMILES string of the molecule is COc1ccccc1CNC(=O)C1CCCN(S(=O)(=O)Cc2cccc(Cl)c2)C1. The molecule has 1 heterocycles. The Morgan fingerprint density at radius 2 is 2.03 bits per heavy atom. The molecule has 0 saturated carbocycles. The third-order valence-electron chi connectivity index (χ3n) is 5.03. The number of benzene rings is 2. The molecule has 0 bridgehead atoms. The summed E-state index contributed by atoms with van der Waals surface area (Å²) in [6.07, 6.45) is 1.32. The average molecular weight is 437 g/mol.